The quantitative estimate of drug-likeness (QED) is 0.736. The first-order valence-corrected chi connectivity index (χ1v) is 6.63. The highest BCUT2D eigenvalue weighted by molar-refractivity contribution is 9.10. The zero-order valence-electron chi connectivity index (χ0n) is 9.38. The molecule has 15 heavy (non-hydrogen) atoms. The van der Waals surface area contributed by atoms with Crippen LogP contribution in [0.2, 0.25) is 0 Å². The number of rotatable bonds is 3. The number of hydrogen-bond donors (Lipinski definition) is 0. The topological polar surface area (TPSA) is 0 Å². The summed E-state index contributed by atoms with van der Waals surface area (Å²) in [4.78, 5) is 0. The van der Waals surface area contributed by atoms with Gasteiger partial charge in [0.25, 0.3) is 0 Å². The maximum atomic E-state index is 3.65. The Morgan fingerprint density at radius 2 is 1.87 bits per heavy atom. The molecule has 0 bridgehead atoms. The van der Waals surface area contributed by atoms with Gasteiger partial charge in [-0.2, -0.15) is 0 Å². The summed E-state index contributed by atoms with van der Waals surface area (Å²) in [5.41, 5.74) is 1.46. The molecule has 1 heterocycles. The van der Waals surface area contributed by atoms with Gasteiger partial charge in [0.05, 0.1) is 19.6 Å². The minimum atomic E-state index is 1.19. The van der Waals surface area contributed by atoms with Crippen molar-refractivity contribution in [3.8, 4) is 0 Å². The lowest BCUT2D eigenvalue weighted by atomic mass is 10.2. The molecular weight excluding hydrogens is 250 g/mol. The molecule has 82 valence electrons. The Balaban J connectivity index is 2.16. The highest BCUT2D eigenvalue weighted by Gasteiger charge is 2.30. The Kier molecular flexibility index (Phi) is 3.47. The van der Waals surface area contributed by atoms with Crippen molar-refractivity contribution >= 4 is 15.9 Å². The maximum absolute atomic E-state index is 3.65. The third-order valence-electron chi connectivity index (χ3n) is 3.65. The van der Waals surface area contributed by atoms with Gasteiger partial charge in [-0.25, -0.2) is 0 Å². The fraction of sp³-hybridized carbons (Fsp3) is 0.538. The van der Waals surface area contributed by atoms with Crippen molar-refractivity contribution in [1.29, 1.82) is 0 Å². The SMILES string of the molecule is CC[N+]1(Cc2ccccc2Br)CCCC1. The number of nitrogens with zero attached hydrogens (tertiary/aromatic N) is 1. The van der Waals surface area contributed by atoms with Crippen LogP contribution in [0, 0.1) is 0 Å². The van der Waals surface area contributed by atoms with Gasteiger partial charge in [-0.1, -0.05) is 34.1 Å². The summed E-state index contributed by atoms with van der Waals surface area (Å²) in [7, 11) is 0. The highest BCUT2D eigenvalue weighted by atomic mass is 79.9. The Bertz CT molecular complexity index is 329. The predicted molar refractivity (Wildman–Crippen MR) is 67.6 cm³/mol. The third kappa shape index (κ3) is 2.43. The van der Waals surface area contributed by atoms with Crippen LogP contribution in [-0.4, -0.2) is 24.1 Å². The second-order valence-electron chi connectivity index (χ2n) is 4.56. The van der Waals surface area contributed by atoms with Crippen molar-refractivity contribution in [1.82, 2.24) is 0 Å². The Hall–Kier alpha value is -0.340. The van der Waals surface area contributed by atoms with Gasteiger partial charge >= 0.3 is 0 Å². The van der Waals surface area contributed by atoms with E-state index in [4.69, 9.17) is 0 Å². The molecule has 0 unspecified atom stereocenters. The van der Waals surface area contributed by atoms with Crippen LogP contribution in [0.4, 0.5) is 0 Å². The van der Waals surface area contributed by atoms with Crippen LogP contribution in [-0.2, 0) is 6.54 Å². The molecule has 0 atom stereocenters. The van der Waals surface area contributed by atoms with Crippen LogP contribution in [0.5, 0.6) is 0 Å². The van der Waals surface area contributed by atoms with Crippen molar-refractivity contribution in [3.05, 3.63) is 34.3 Å². The smallest absolute Gasteiger partial charge is 0.105 e. The summed E-state index contributed by atoms with van der Waals surface area (Å²) < 4.78 is 2.55. The first kappa shape index (κ1) is 11.2. The highest BCUT2D eigenvalue weighted by Crippen LogP contribution is 2.26. The number of hydrogen-bond acceptors (Lipinski definition) is 0. The number of benzene rings is 1. The zero-order chi connectivity index (χ0) is 10.7. The predicted octanol–water partition coefficient (Wildman–Crippen LogP) is 3.58. The molecule has 2 heteroatoms. The average molecular weight is 269 g/mol. The molecule has 0 aliphatic carbocycles. The van der Waals surface area contributed by atoms with Crippen molar-refractivity contribution in [2.75, 3.05) is 19.6 Å². The largest absolute Gasteiger partial charge is 0.320 e. The minimum Gasteiger partial charge on any atom is -0.320 e. The molecule has 1 fully saturated rings. The van der Waals surface area contributed by atoms with E-state index >= 15 is 0 Å². The Morgan fingerprint density at radius 1 is 1.20 bits per heavy atom. The van der Waals surface area contributed by atoms with Gasteiger partial charge in [-0.05, 0) is 13.0 Å². The van der Waals surface area contributed by atoms with E-state index in [1.54, 1.807) is 0 Å². The van der Waals surface area contributed by atoms with Gasteiger partial charge in [0.1, 0.15) is 6.54 Å². The molecule has 0 saturated carbocycles. The van der Waals surface area contributed by atoms with Gasteiger partial charge < -0.3 is 4.48 Å². The molecule has 1 aromatic rings. The van der Waals surface area contributed by atoms with Crippen LogP contribution < -0.4 is 0 Å². The van der Waals surface area contributed by atoms with E-state index in [1.807, 2.05) is 0 Å². The van der Waals surface area contributed by atoms with Crippen LogP contribution in [0.25, 0.3) is 0 Å². The molecule has 1 aromatic carbocycles. The monoisotopic (exact) mass is 268 g/mol. The number of quaternary nitrogens is 1. The lowest BCUT2D eigenvalue weighted by molar-refractivity contribution is -0.928. The third-order valence-corrected chi connectivity index (χ3v) is 4.42. The lowest BCUT2D eigenvalue weighted by Gasteiger charge is -2.33. The molecule has 1 saturated heterocycles. The summed E-state index contributed by atoms with van der Waals surface area (Å²) in [5.74, 6) is 0. The molecule has 0 spiro atoms. The molecular formula is C13H19BrN+. The Morgan fingerprint density at radius 3 is 2.47 bits per heavy atom. The molecule has 0 radical (unpaired) electrons. The minimum absolute atomic E-state index is 1.19. The number of likely N-dealkylation sites (tertiary alicyclic amines) is 1. The fourth-order valence-electron chi connectivity index (χ4n) is 2.58. The van der Waals surface area contributed by atoms with Gasteiger partial charge in [0.2, 0.25) is 0 Å². The first-order chi connectivity index (χ1) is 7.26. The van der Waals surface area contributed by atoms with Crippen molar-refractivity contribution in [2.45, 2.75) is 26.3 Å². The van der Waals surface area contributed by atoms with E-state index in [1.165, 1.54) is 53.5 Å². The molecule has 1 aliphatic rings. The normalized spacial score (nSPS) is 19.3. The molecule has 0 N–H and O–H groups in total. The number of halogens is 1. The van der Waals surface area contributed by atoms with Crippen molar-refractivity contribution in [2.24, 2.45) is 0 Å². The Labute approximate surface area is 101 Å². The molecule has 2 rings (SSSR count). The van der Waals surface area contributed by atoms with E-state index in [9.17, 15) is 0 Å². The summed E-state index contributed by atoms with van der Waals surface area (Å²) in [6, 6.07) is 8.63. The maximum Gasteiger partial charge on any atom is 0.105 e. The summed E-state index contributed by atoms with van der Waals surface area (Å²) in [6.07, 6.45) is 2.80. The summed E-state index contributed by atoms with van der Waals surface area (Å²) in [6.45, 7) is 7.50. The van der Waals surface area contributed by atoms with E-state index in [0.29, 0.717) is 0 Å². The van der Waals surface area contributed by atoms with Gasteiger partial charge in [-0.3, -0.25) is 0 Å². The zero-order valence-corrected chi connectivity index (χ0v) is 11.0. The van der Waals surface area contributed by atoms with E-state index in [2.05, 4.69) is 47.1 Å². The van der Waals surface area contributed by atoms with Gasteiger partial charge in [0.15, 0.2) is 0 Å². The first-order valence-electron chi connectivity index (χ1n) is 5.84. The van der Waals surface area contributed by atoms with Crippen LogP contribution >= 0.6 is 15.9 Å². The van der Waals surface area contributed by atoms with E-state index < -0.39 is 0 Å². The van der Waals surface area contributed by atoms with E-state index in [0.717, 1.165) is 0 Å². The van der Waals surface area contributed by atoms with Crippen LogP contribution in [0.15, 0.2) is 28.7 Å². The average Bonchev–Trinajstić information content (AvgIpc) is 2.71. The summed E-state index contributed by atoms with van der Waals surface area (Å²) in [5, 5.41) is 0. The van der Waals surface area contributed by atoms with Crippen LogP contribution in [0.3, 0.4) is 0 Å². The standard InChI is InChI=1S/C13H19BrN/c1-2-15(9-5-6-10-15)11-12-7-3-4-8-13(12)14/h3-4,7-8H,2,5-6,9-11H2,1H3/q+1. The van der Waals surface area contributed by atoms with Crippen LogP contribution in [0.1, 0.15) is 25.3 Å². The van der Waals surface area contributed by atoms with Crippen molar-refractivity contribution in [3.63, 3.8) is 0 Å². The van der Waals surface area contributed by atoms with E-state index in [-0.39, 0.29) is 0 Å². The molecule has 1 aliphatic heterocycles. The van der Waals surface area contributed by atoms with Gasteiger partial charge in [0, 0.05) is 22.9 Å². The molecule has 0 amide bonds. The summed E-state index contributed by atoms with van der Waals surface area (Å²) >= 11 is 3.65. The fourth-order valence-corrected chi connectivity index (χ4v) is 2.99. The molecule has 1 nitrogen and oxygen atoms in total. The second kappa shape index (κ2) is 4.67. The molecule has 0 aromatic heterocycles. The second-order valence-corrected chi connectivity index (χ2v) is 5.42. The van der Waals surface area contributed by atoms with Crippen molar-refractivity contribution < 1.29 is 4.48 Å². The van der Waals surface area contributed by atoms with Gasteiger partial charge in [-0.15, -0.1) is 0 Å². The lowest BCUT2D eigenvalue weighted by Crippen LogP contribution is -2.44.